The molecule has 2 aromatic carbocycles. The number of amides is 1. The van der Waals surface area contributed by atoms with Crippen LogP contribution in [0.3, 0.4) is 0 Å². The predicted octanol–water partition coefficient (Wildman–Crippen LogP) is 2.71. The van der Waals surface area contributed by atoms with Crippen LogP contribution in [-0.4, -0.2) is 29.7 Å². The number of carbonyl (C=O) groups excluding carboxylic acids is 1. The highest BCUT2D eigenvalue weighted by molar-refractivity contribution is 5.95. The number of ether oxygens (including phenoxy) is 1. The van der Waals surface area contributed by atoms with Gasteiger partial charge in [-0.1, -0.05) is 36.4 Å². The second-order valence-electron chi connectivity index (χ2n) is 5.37. The van der Waals surface area contributed by atoms with E-state index < -0.39 is 6.04 Å². The minimum atomic E-state index is -0.466. The molecule has 24 heavy (non-hydrogen) atoms. The van der Waals surface area contributed by atoms with Crippen molar-refractivity contribution < 1.29 is 14.6 Å². The van der Waals surface area contributed by atoms with Crippen LogP contribution >= 0.6 is 0 Å². The maximum atomic E-state index is 12.4. The van der Waals surface area contributed by atoms with Gasteiger partial charge >= 0.3 is 0 Å². The van der Waals surface area contributed by atoms with Gasteiger partial charge in [-0.25, -0.2) is 4.98 Å². The first-order chi connectivity index (χ1) is 11.7. The minimum absolute atomic E-state index is 0.180. The topological polar surface area (TPSA) is 71.5 Å². The first-order valence-corrected chi connectivity index (χ1v) is 7.62. The van der Waals surface area contributed by atoms with Crippen molar-refractivity contribution in [1.29, 1.82) is 0 Å². The molecule has 0 saturated carbocycles. The Bertz CT molecular complexity index is 850. The Morgan fingerprint density at radius 1 is 1.17 bits per heavy atom. The summed E-state index contributed by atoms with van der Waals surface area (Å²) in [6, 6.07) is 17.9. The van der Waals surface area contributed by atoms with Crippen LogP contribution in [0.15, 0.2) is 60.7 Å². The molecule has 3 rings (SSSR count). The molecule has 0 aliphatic carbocycles. The normalized spacial score (nSPS) is 11.9. The number of aromatic nitrogens is 1. The Kier molecular flexibility index (Phi) is 4.72. The number of aliphatic hydroxyl groups is 1. The molecular formula is C19H18N2O3. The Balaban J connectivity index is 1.83. The van der Waals surface area contributed by atoms with Crippen molar-refractivity contribution in [3.63, 3.8) is 0 Å². The van der Waals surface area contributed by atoms with E-state index in [0.29, 0.717) is 11.2 Å². The van der Waals surface area contributed by atoms with Crippen molar-refractivity contribution in [2.24, 2.45) is 0 Å². The van der Waals surface area contributed by atoms with Gasteiger partial charge in [-0.05, 0) is 29.8 Å². The molecule has 1 heterocycles. The lowest BCUT2D eigenvalue weighted by molar-refractivity contribution is 0.0911. The van der Waals surface area contributed by atoms with Crippen molar-refractivity contribution >= 4 is 16.8 Å². The predicted molar refractivity (Wildman–Crippen MR) is 92.0 cm³/mol. The number of nitrogens with one attached hydrogen (secondary N) is 1. The number of aliphatic hydroxyl groups excluding tert-OH is 1. The van der Waals surface area contributed by atoms with Crippen molar-refractivity contribution in [2.45, 2.75) is 6.04 Å². The second-order valence-corrected chi connectivity index (χ2v) is 5.37. The van der Waals surface area contributed by atoms with E-state index in [1.807, 2.05) is 48.5 Å². The molecule has 0 aliphatic heterocycles. The molecule has 1 aromatic heterocycles. The van der Waals surface area contributed by atoms with Crippen LogP contribution in [0.1, 0.15) is 22.1 Å². The lowest BCUT2D eigenvalue weighted by Crippen LogP contribution is -2.31. The van der Waals surface area contributed by atoms with Crippen LogP contribution in [0.2, 0.25) is 0 Å². The van der Waals surface area contributed by atoms with Crippen LogP contribution in [-0.2, 0) is 0 Å². The SMILES string of the molecule is COc1ccc2nc(C(=O)NC(CO)c3ccccc3)ccc2c1. The zero-order valence-electron chi connectivity index (χ0n) is 13.3. The molecule has 1 atom stereocenters. The first-order valence-electron chi connectivity index (χ1n) is 7.62. The molecule has 2 N–H and O–H groups in total. The van der Waals surface area contributed by atoms with Gasteiger partial charge < -0.3 is 15.2 Å². The summed E-state index contributed by atoms with van der Waals surface area (Å²) in [6.07, 6.45) is 0. The van der Waals surface area contributed by atoms with E-state index in [9.17, 15) is 9.90 Å². The van der Waals surface area contributed by atoms with Crippen LogP contribution in [0.5, 0.6) is 5.75 Å². The van der Waals surface area contributed by atoms with Crippen LogP contribution < -0.4 is 10.1 Å². The summed E-state index contributed by atoms with van der Waals surface area (Å²) in [5.41, 5.74) is 1.87. The van der Waals surface area contributed by atoms with Gasteiger partial charge in [-0.2, -0.15) is 0 Å². The summed E-state index contributed by atoms with van der Waals surface area (Å²) in [5.74, 6) is 0.418. The van der Waals surface area contributed by atoms with Gasteiger partial charge in [0.05, 0.1) is 25.3 Å². The van der Waals surface area contributed by atoms with E-state index in [2.05, 4.69) is 10.3 Å². The monoisotopic (exact) mass is 322 g/mol. The Labute approximate surface area is 139 Å². The van der Waals surface area contributed by atoms with E-state index in [4.69, 9.17) is 4.74 Å². The van der Waals surface area contributed by atoms with Crippen molar-refractivity contribution in [3.05, 3.63) is 71.9 Å². The minimum Gasteiger partial charge on any atom is -0.497 e. The van der Waals surface area contributed by atoms with Crippen LogP contribution in [0, 0.1) is 0 Å². The number of fused-ring (bicyclic) bond motifs is 1. The van der Waals surface area contributed by atoms with E-state index in [1.165, 1.54) is 0 Å². The lowest BCUT2D eigenvalue weighted by atomic mass is 10.1. The van der Waals surface area contributed by atoms with E-state index in [1.54, 1.807) is 19.2 Å². The summed E-state index contributed by atoms with van der Waals surface area (Å²) in [7, 11) is 1.61. The third-order valence-corrected chi connectivity index (χ3v) is 3.82. The quantitative estimate of drug-likeness (QED) is 0.757. The molecule has 3 aromatic rings. The summed E-state index contributed by atoms with van der Waals surface area (Å²) in [6.45, 7) is -0.180. The molecule has 0 spiro atoms. The highest BCUT2D eigenvalue weighted by Gasteiger charge is 2.16. The van der Waals surface area contributed by atoms with Gasteiger partial charge in [0.1, 0.15) is 11.4 Å². The maximum absolute atomic E-state index is 12.4. The van der Waals surface area contributed by atoms with Crippen molar-refractivity contribution in [1.82, 2.24) is 10.3 Å². The van der Waals surface area contributed by atoms with E-state index in [0.717, 1.165) is 16.7 Å². The number of carbonyl (C=O) groups is 1. The fraction of sp³-hybridized carbons (Fsp3) is 0.158. The van der Waals surface area contributed by atoms with Gasteiger partial charge in [0, 0.05) is 5.39 Å². The van der Waals surface area contributed by atoms with Crippen LogP contribution in [0.4, 0.5) is 0 Å². The average molecular weight is 322 g/mol. The van der Waals surface area contributed by atoms with E-state index in [-0.39, 0.29) is 12.5 Å². The largest absolute Gasteiger partial charge is 0.497 e. The third kappa shape index (κ3) is 3.36. The van der Waals surface area contributed by atoms with Crippen molar-refractivity contribution in [3.8, 4) is 5.75 Å². The van der Waals surface area contributed by atoms with E-state index >= 15 is 0 Å². The van der Waals surface area contributed by atoms with Crippen LogP contribution in [0.25, 0.3) is 10.9 Å². The van der Waals surface area contributed by atoms with Crippen molar-refractivity contribution in [2.75, 3.05) is 13.7 Å². The van der Waals surface area contributed by atoms with Gasteiger partial charge in [-0.3, -0.25) is 4.79 Å². The molecule has 0 saturated heterocycles. The highest BCUT2D eigenvalue weighted by Crippen LogP contribution is 2.20. The molecular weight excluding hydrogens is 304 g/mol. The molecule has 0 aliphatic rings. The Morgan fingerprint density at radius 2 is 1.96 bits per heavy atom. The molecule has 5 heteroatoms. The number of benzene rings is 2. The first kappa shape index (κ1) is 16.0. The summed E-state index contributed by atoms with van der Waals surface area (Å²) >= 11 is 0. The zero-order valence-corrected chi connectivity index (χ0v) is 13.3. The molecule has 1 amide bonds. The number of methoxy groups -OCH3 is 1. The van der Waals surface area contributed by atoms with Gasteiger partial charge in [0.2, 0.25) is 0 Å². The van der Waals surface area contributed by atoms with Gasteiger partial charge in [0.15, 0.2) is 0 Å². The fourth-order valence-corrected chi connectivity index (χ4v) is 2.51. The summed E-state index contributed by atoms with van der Waals surface area (Å²) in [4.78, 5) is 16.8. The molecule has 122 valence electrons. The molecule has 5 nitrogen and oxygen atoms in total. The highest BCUT2D eigenvalue weighted by atomic mass is 16.5. The molecule has 0 bridgehead atoms. The molecule has 0 fully saturated rings. The standard InChI is InChI=1S/C19H18N2O3/c1-24-15-8-10-16-14(11-15)7-9-17(20-16)19(23)21-18(12-22)13-5-3-2-4-6-13/h2-11,18,22H,12H2,1H3,(H,21,23). The van der Waals surface area contributed by atoms with Gasteiger partial charge in [0.25, 0.3) is 5.91 Å². The third-order valence-electron chi connectivity index (χ3n) is 3.82. The number of pyridine rings is 1. The second kappa shape index (κ2) is 7.10. The maximum Gasteiger partial charge on any atom is 0.270 e. The molecule has 0 radical (unpaired) electrons. The lowest BCUT2D eigenvalue weighted by Gasteiger charge is -2.16. The number of hydrogen-bond donors (Lipinski definition) is 2. The Hall–Kier alpha value is -2.92. The number of nitrogens with zero attached hydrogens (tertiary/aromatic N) is 1. The Morgan fingerprint density at radius 3 is 2.67 bits per heavy atom. The number of rotatable bonds is 5. The summed E-state index contributed by atoms with van der Waals surface area (Å²) in [5, 5.41) is 13.3. The van der Waals surface area contributed by atoms with Gasteiger partial charge in [-0.15, -0.1) is 0 Å². The summed E-state index contributed by atoms with van der Waals surface area (Å²) < 4.78 is 5.18. The molecule has 1 unspecified atom stereocenters. The average Bonchev–Trinajstić information content (AvgIpc) is 2.65. The number of hydrogen-bond acceptors (Lipinski definition) is 4. The zero-order chi connectivity index (χ0) is 16.9. The smallest absolute Gasteiger partial charge is 0.270 e. The fourth-order valence-electron chi connectivity index (χ4n) is 2.51.